The Morgan fingerprint density at radius 1 is 1.20 bits per heavy atom. The number of pyridine rings is 1. The summed E-state index contributed by atoms with van der Waals surface area (Å²) in [6, 6.07) is 8.02. The summed E-state index contributed by atoms with van der Waals surface area (Å²) in [5.74, 6) is 0.897. The van der Waals surface area contributed by atoms with E-state index >= 15 is 0 Å². The summed E-state index contributed by atoms with van der Waals surface area (Å²) in [4.78, 5) is 4.31. The standard InChI is InChI=1S/C12H15N3/c1-3-10-9-11(4-2)15(14-10)12-7-5-6-8-13-12/h5-9H,3-4H2,1-2H3. The summed E-state index contributed by atoms with van der Waals surface area (Å²) in [6.45, 7) is 4.25. The van der Waals surface area contributed by atoms with E-state index in [1.165, 1.54) is 5.69 Å². The van der Waals surface area contributed by atoms with Crippen molar-refractivity contribution in [2.45, 2.75) is 26.7 Å². The molecule has 0 radical (unpaired) electrons. The highest BCUT2D eigenvalue weighted by Crippen LogP contribution is 2.11. The quantitative estimate of drug-likeness (QED) is 0.763. The second-order valence-electron chi connectivity index (χ2n) is 3.43. The van der Waals surface area contributed by atoms with Gasteiger partial charge in [-0.25, -0.2) is 9.67 Å². The Hall–Kier alpha value is -1.64. The van der Waals surface area contributed by atoms with Gasteiger partial charge in [0, 0.05) is 11.9 Å². The zero-order valence-electron chi connectivity index (χ0n) is 9.14. The molecule has 0 aliphatic rings. The lowest BCUT2D eigenvalue weighted by atomic mass is 10.2. The minimum Gasteiger partial charge on any atom is -0.237 e. The summed E-state index contributed by atoms with van der Waals surface area (Å²) in [5.41, 5.74) is 2.34. The second kappa shape index (κ2) is 4.26. The number of aryl methyl sites for hydroxylation is 2. The fourth-order valence-corrected chi connectivity index (χ4v) is 1.58. The van der Waals surface area contributed by atoms with Gasteiger partial charge in [0.1, 0.15) is 0 Å². The maximum atomic E-state index is 4.52. The third-order valence-corrected chi connectivity index (χ3v) is 2.42. The molecule has 0 bridgehead atoms. The molecule has 2 aromatic heterocycles. The van der Waals surface area contributed by atoms with Crippen LogP contribution in [-0.4, -0.2) is 14.8 Å². The molecule has 0 aromatic carbocycles. The number of hydrogen-bond acceptors (Lipinski definition) is 2. The normalized spacial score (nSPS) is 10.5. The largest absolute Gasteiger partial charge is 0.237 e. The van der Waals surface area contributed by atoms with E-state index in [-0.39, 0.29) is 0 Å². The van der Waals surface area contributed by atoms with Crippen LogP contribution < -0.4 is 0 Å². The monoisotopic (exact) mass is 201 g/mol. The first-order valence-electron chi connectivity index (χ1n) is 5.34. The molecule has 0 spiro atoms. The molecule has 0 saturated carbocycles. The van der Waals surface area contributed by atoms with Crippen molar-refractivity contribution in [3.8, 4) is 5.82 Å². The topological polar surface area (TPSA) is 30.7 Å². The van der Waals surface area contributed by atoms with Gasteiger partial charge in [-0.2, -0.15) is 5.10 Å². The van der Waals surface area contributed by atoms with E-state index in [0.29, 0.717) is 0 Å². The maximum absolute atomic E-state index is 4.52. The Morgan fingerprint density at radius 2 is 2.07 bits per heavy atom. The van der Waals surface area contributed by atoms with Gasteiger partial charge in [-0.05, 0) is 31.0 Å². The predicted molar refractivity (Wildman–Crippen MR) is 60.1 cm³/mol. The smallest absolute Gasteiger partial charge is 0.153 e. The van der Waals surface area contributed by atoms with Crippen LogP contribution in [0.2, 0.25) is 0 Å². The summed E-state index contributed by atoms with van der Waals surface area (Å²) < 4.78 is 1.93. The summed E-state index contributed by atoms with van der Waals surface area (Å²) >= 11 is 0. The van der Waals surface area contributed by atoms with E-state index < -0.39 is 0 Å². The first-order chi connectivity index (χ1) is 7.35. The van der Waals surface area contributed by atoms with Crippen LogP contribution in [0.25, 0.3) is 5.82 Å². The van der Waals surface area contributed by atoms with Crippen molar-refractivity contribution < 1.29 is 0 Å². The second-order valence-corrected chi connectivity index (χ2v) is 3.43. The van der Waals surface area contributed by atoms with Crippen LogP contribution in [0, 0.1) is 0 Å². The summed E-state index contributed by atoms with van der Waals surface area (Å²) in [7, 11) is 0. The molecule has 3 nitrogen and oxygen atoms in total. The SMILES string of the molecule is CCc1cc(CC)n(-c2ccccn2)n1. The molecule has 0 N–H and O–H groups in total. The maximum Gasteiger partial charge on any atom is 0.153 e. The Morgan fingerprint density at radius 3 is 2.67 bits per heavy atom. The number of hydrogen-bond donors (Lipinski definition) is 0. The molecule has 2 aromatic rings. The van der Waals surface area contributed by atoms with Crippen molar-refractivity contribution in [2.75, 3.05) is 0 Å². The minimum atomic E-state index is 0.897. The van der Waals surface area contributed by atoms with E-state index in [2.05, 4.69) is 30.0 Å². The minimum absolute atomic E-state index is 0.897. The lowest BCUT2D eigenvalue weighted by molar-refractivity contribution is 0.772. The first kappa shape index (κ1) is 9.90. The molecule has 0 amide bonds. The fraction of sp³-hybridized carbons (Fsp3) is 0.333. The van der Waals surface area contributed by atoms with Crippen molar-refractivity contribution >= 4 is 0 Å². The molecule has 0 saturated heterocycles. The van der Waals surface area contributed by atoms with Crippen LogP contribution in [0.1, 0.15) is 25.2 Å². The molecule has 78 valence electrons. The lowest BCUT2D eigenvalue weighted by Gasteiger charge is -2.03. The van der Waals surface area contributed by atoms with Gasteiger partial charge < -0.3 is 0 Å². The third-order valence-electron chi connectivity index (χ3n) is 2.42. The van der Waals surface area contributed by atoms with E-state index in [1.54, 1.807) is 6.20 Å². The van der Waals surface area contributed by atoms with Crippen LogP contribution in [0.4, 0.5) is 0 Å². The van der Waals surface area contributed by atoms with Gasteiger partial charge in [-0.15, -0.1) is 0 Å². The number of rotatable bonds is 3. The van der Waals surface area contributed by atoms with E-state index in [0.717, 1.165) is 24.4 Å². The van der Waals surface area contributed by atoms with Crippen molar-refractivity contribution in [2.24, 2.45) is 0 Å². The van der Waals surface area contributed by atoms with Gasteiger partial charge in [-0.1, -0.05) is 19.9 Å². The van der Waals surface area contributed by atoms with Gasteiger partial charge in [0.25, 0.3) is 0 Å². The molecule has 2 rings (SSSR count). The van der Waals surface area contributed by atoms with Crippen LogP contribution in [0.15, 0.2) is 30.5 Å². The molecule has 0 aliphatic carbocycles. The molecule has 0 fully saturated rings. The molecule has 0 atom stereocenters. The zero-order valence-corrected chi connectivity index (χ0v) is 9.14. The van der Waals surface area contributed by atoms with Gasteiger partial charge in [0.15, 0.2) is 5.82 Å². The highest BCUT2D eigenvalue weighted by molar-refractivity contribution is 5.25. The number of aromatic nitrogens is 3. The van der Waals surface area contributed by atoms with Crippen LogP contribution >= 0.6 is 0 Å². The van der Waals surface area contributed by atoms with Gasteiger partial charge >= 0.3 is 0 Å². The van der Waals surface area contributed by atoms with Gasteiger partial charge in [0.2, 0.25) is 0 Å². The van der Waals surface area contributed by atoms with Crippen molar-refractivity contribution in [1.82, 2.24) is 14.8 Å². The van der Waals surface area contributed by atoms with Gasteiger partial charge in [-0.3, -0.25) is 0 Å². The molecular weight excluding hydrogens is 186 g/mol. The van der Waals surface area contributed by atoms with Gasteiger partial charge in [0.05, 0.1) is 5.69 Å². The Kier molecular flexibility index (Phi) is 2.81. The highest BCUT2D eigenvalue weighted by atomic mass is 15.3. The Labute approximate surface area is 89.8 Å². The highest BCUT2D eigenvalue weighted by Gasteiger charge is 2.07. The molecule has 0 aliphatic heterocycles. The average molecular weight is 201 g/mol. The summed E-state index contributed by atoms with van der Waals surface area (Å²) in [6.07, 6.45) is 3.73. The van der Waals surface area contributed by atoms with E-state index in [4.69, 9.17) is 0 Å². The predicted octanol–water partition coefficient (Wildman–Crippen LogP) is 2.39. The summed E-state index contributed by atoms with van der Waals surface area (Å²) in [5, 5.41) is 4.52. The molecule has 2 heterocycles. The van der Waals surface area contributed by atoms with Crippen molar-refractivity contribution in [1.29, 1.82) is 0 Å². The molecule has 0 unspecified atom stereocenters. The molecule has 15 heavy (non-hydrogen) atoms. The zero-order chi connectivity index (χ0) is 10.7. The third kappa shape index (κ3) is 1.91. The van der Waals surface area contributed by atoms with E-state index in [9.17, 15) is 0 Å². The molecule has 3 heteroatoms. The van der Waals surface area contributed by atoms with Crippen LogP contribution in [0.3, 0.4) is 0 Å². The Bertz CT molecular complexity index is 431. The van der Waals surface area contributed by atoms with Crippen molar-refractivity contribution in [3.63, 3.8) is 0 Å². The number of nitrogens with zero attached hydrogens (tertiary/aromatic N) is 3. The average Bonchev–Trinajstić information content (AvgIpc) is 2.73. The van der Waals surface area contributed by atoms with Crippen LogP contribution in [0.5, 0.6) is 0 Å². The lowest BCUT2D eigenvalue weighted by Crippen LogP contribution is -2.03. The van der Waals surface area contributed by atoms with Crippen molar-refractivity contribution in [3.05, 3.63) is 41.9 Å². The first-order valence-corrected chi connectivity index (χ1v) is 5.34. The van der Waals surface area contributed by atoms with Crippen LogP contribution in [-0.2, 0) is 12.8 Å². The van der Waals surface area contributed by atoms with E-state index in [1.807, 2.05) is 22.9 Å². The Balaban J connectivity index is 2.47. The fourth-order valence-electron chi connectivity index (χ4n) is 1.58. The molecular formula is C12H15N3.